The number of halogens is 1. The Hall–Kier alpha value is -0.600. The number of benzene rings is 1. The number of hydrogen-bond donors (Lipinski definition) is 1. The van der Waals surface area contributed by atoms with Crippen LogP contribution in [0, 0.1) is 13.8 Å². The normalized spacial score (nSPS) is 12.5. The van der Waals surface area contributed by atoms with Crippen LogP contribution in [0.1, 0.15) is 29.7 Å². The molecule has 82 valence electrons. The molecule has 0 aliphatic carbocycles. The van der Waals surface area contributed by atoms with E-state index >= 15 is 0 Å². The van der Waals surface area contributed by atoms with Gasteiger partial charge in [0.15, 0.2) is 0 Å². The van der Waals surface area contributed by atoms with Gasteiger partial charge in [0.1, 0.15) is 0 Å². The molecule has 1 N–H and O–H groups in total. The van der Waals surface area contributed by atoms with E-state index in [0.717, 1.165) is 11.0 Å². The molecule has 0 bridgehead atoms. The van der Waals surface area contributed by atoms with Gasteiger partial charge in [-0.15, -0.1) is 0 Å². The van der Waals surface area contributed by atoms with E-state index in [1.807, 2.05) is 0 Å². The van der Waals surface area contributed by atoms with Crippen molar-refractivity contribution in [3.8, 4) is 0 Å². The van der Waals surface area contributed by atoms with Gasteiger partial charge in [0, 0.05) is 17.1 Å². The van der Waals surface area contributed by atoms with Crippen molar-refractivity contribution >= 4 is 15.9 Å². The largest absolute Gasteiger partial charge is 0.306 e. The van der Waals surface area contributed by atoms with Crippen molar-refractivity contribution in [2.75, 3.05) is 6.54 Å². The maximum Gasteiger partial charge on any atom is 0.0297 e. The molecule has 2 heteroatoms. The average molecular weight is 268 g/mol. The zero-order valence-corrected chi connectivity index (χ0v) is 11.2. The number of hydrogen-bond acceptors (Lipinski definition) is 1. The molecule has 0 heterocycles. The predicted octanol–water partition coefficient (Wildman–Crippen LogP) is 3.86. The molecular weight excluding hydrogens is 250 g/mol. The van der Waals surface area contributed by atoms with Crippen molar-refractivity contribution in [3.05, 3.63) is 46.0 Å². The minimum Gasteiger partial charge on any atom is -0.306 e. The molecule has 1 unspecified atom stereocenters. The second-order valence-electron chi connectivity index (χ2n) is 3.91. The Labute approximate surface area is 101 Å². The standard InChI is InChI=1S/C13H18BrN/c1-9-6-5-7-13(11(9)3)12(4)15-8-10(2)14/h5-7,12,15H,2,8H2,1,3-4H3. The third kappa shape index (κ3) is 3.47. The molecule has 0 radical (unpaired) electrons. The van der Waals surface area contributed by atoms with Crippen molar-refractivity contribution in [3.63, 3.8) is 0 Å². The highest BCUT2D eigenvalue weighted by atomic mass is 79.9. The lowest BCUT2D eigenvalue weighted by atomic mass is 9.98. The zero-order valence-electron chi connectivity index (χ0n) is 9.60. The summed E-state index contributed by atoms with van der Waals surface area (Å²) < 4.78 is 0.986. The van der Waals surface area contributed by atoms with E-state index in [1.54, 1.807) is 0 Å². The second kappa shape index (κ2) is 5.47. The molecule has 0 aromatic heterocycles. The topological polar surface area (TPSA) is 12.0 Å². The van der Waals surface area contributed by atoms with E-state index in [4.69, 9.17) is 0 Å². The third-order valence-corrected chi connectivity index (χ3v) is 2.99. The smallest absolute Gasteiger partial charge is 0.0297 e. The lowest BCUT2D eigenvalue weighted by molar-refractivity contribution is 0.612. The third-order valence-electron chi connectivity index (χ3n) is 2.71. The summed E-state index contributed by atoms with van der Waals surface area (Å²) in [6, 6.07) is 6.80. The van der Waals surface area contributed by atoms with Crippen LogP contribution in [-0.2, 0) is 0 Å². The zero-order chi connectivity index (χ0) is 11.4. The highest BCUT2D eigenvalue weighted by Crippen LogP contribution is 2.20. The van der Waals surface area contributed by atoms with Crippen LogP contribution < -0.4 is 5.32 Å². The lowest BCUT2D eigenvalue weighted by Gasteiger charge is -2.17. The molecular formula is C13H18BrN. The van der Waals surface area contributed by atoms with Gasteiger partial charge in [0.05, 0.1) is 0 Å². The summed E-state index contributed by atoms with van der Waals surface area (Å²) in [4.78, 5) is 0. The van der Waals surface area contributed by atoms with E-state index in [2.05, 4.69) is 66.8 Å². The molecule has 0 aliphatic heterocycles. The van der Waals surface area contributed by atoms with Crippen LogP contribution in [0.2, 0.25) is 0 Å². The van der Waals surface area contributed by atoms with Gasteiger partial charge < -0.3 is 5.32 Å². The highest BCUT2D eigenvalue weighted by Gasteiger charge is 2.08. The van der Waals surface area contributed by atoms with Crippen molar-refractivity contribution in [1.29, 1.82) is 0 Å². The first-order valence-electron chi connectivity index (χ1n) is 5.15. The predicted molar refractivity (Wildman–Crippen MR) is 70.4 cm³/mol. The molecule has 0 aliphatic rings. The molecule has 15 heavy (non-hydrogen) atoms. The Morgan fingerprint density at radius 3 is 2.73 bits per heavy atom. The summed E-state index contributed by atoms with van der Waals surface area (Å²) in [7, 11) is 0. The summed E-state index contributed by atoms with van der Waals surface area (Å²) in [6.45, 7) is 11.1. The average Bonchev–Trinajstić information content (AvgIpc) is 2.18. The number of aryl methyl sites for hydroxylation is 1. The van der Waals surface area contributed by atoms with Crippen LogP contribution in [0.25, 0.3) is 0 Å². The molecule has 1 aromatic carbocycles. The molecule has 0 saturated carbocycles. The number of rotatable bonds is 4. The SMILES string of the molecule is C=C(Br)CNC(C)c1cccc(C)c1C. The summed E-state index contributed by atoms with van der Waals surface area (Å²) in [6.07, 6.45) is 0. The first-order valence-corrected chi connectivity index (χ1v) is 5.94. The van der Waals surface area contributed by atoms with Crippen LogP contribution in [0.4, 0.5) is 0 Å². The van der Waals surface area contributed by atoms with Gasteiger partial charge in [-0.1, -0.05) is 40.7 Å². The van der Waals surface area contributed by atoms with Crippen LogP contribution in [0.5, 0.6) is 0 Å². The van der Waals surface area contributed by atoms with Crippen LogP contribution in [0.3, 0.4) is 0 Å². The van der Waals surface area contributed by atoms with Crippen LogP contribution in [0.15, 0.2) is 29.3 Å². The Balaban J connectivity index is 2.77. The minimum absolute atomic E-state index is 0.360. The van der Waals surface area contributed by atoms with Crippen molar-refractivity contribution in [1.82, 2.24) is 5.32 Å². The second-order valence-corrected chi connectivity index (χ2v) is 5.03. The summed E-state index contributed by atoms with van der Waals surface area (Å²) in [5.41, 5.74) is 4.08. The summed E-state index contributed by atoms with van der Waals surface area (Å²) in [5.74, 6) is 0. The molecule has 1 rings (SSSR count). The van der Waals surface area contributed by atoms with Gasteiger partial charge >= 0.3 is 0 Å². The van der Waals surface area contributed by atoms with Gasteiger partial charge in [0.25, 0.3) is 0 Å². The number of nitrogens with one attached hydrogen (secondary N) is 1. The monoisotopic (exact) mass is 267 g/mol. The van der Waals surface area contributed by atoms with E-state index in [-0.39, 0.29) is 0 Å². The van der Waals surface area contributed by atoms with Crippen LogP contribution in [-0.4, -0.2) is 6.54 Å². The van der Waals surface area contributed by atoms with Gasteiger partial charge in [-0.3, -0.25) is 0 Å². The quantitative estimate of drug-likeness (QED) is 0.874. The van der Waals surface area contributed by atoms with Gasteiger partial charge in [-0.05, 0) is 37.5 Å². The Kier molecular flexibility index (Phi) is 4.55. The van der Waals surface area contributed by atoms with Crippen molar-refractivity contribution < 1.29 is 0 Å². The van der Waals surface area contributed by atoms with Gasteiger partial charge in [-0.25, -0.2) is 0 Å². The van der Waals surface area contributed by atoms with Crippen LogP contribution >= 0.6 is 15.9 Å². The Morgan fingerprint density at radius 2 is 2.13 bits per heavy atom. The fourth-order valence-electron chi connectivity index (χ4n) is 1.62. The van der Waals surface area contributed by atoms with Gasteiger partial charge in [0.2, 0.25) is 0 Å². The molecule has 0 fully saturated rings. The molecule has 1 aromatic rings. The molecule has 0 spiro atoms. The summed E-state index contributed by atoms with van der Waals surface area (Å²) >= 11 is 3.35. The van der Waals surface area contributed by atoms with Crippen molar-refractivity contribution in [2.24, 2.45) is 0 Å². The maximum absolute atomic E-state index is 3.81. The molecule has 0 saturated heterocycles. The fourth-order valence-corrected chi connectivity index (χ4v) is 1.78. The van der Waals surface area contributed by atoms with E-state index in [1.165, 1.54) is 16.7 Å². The van der Waals surface area contributed by atoms with E-state index in [9.17, 15) is 0 Å². The summed E-state index contributed by atoms with van der Waals surface area (Å²) in [5, 5.41) is 3.42. The molecule has 1 nitrogen and oxygen atoms in total. The van der Waals surface area contributed by atoms with E-state index in [0.29, 0.717) is 6.04 Å². The minimum atomic E-state index is 0.360. The molecule has 0 amide bonds. The Morgan fingerprint density at radius 1 is 1.47 bits per heavy atom. The van der Waals surface area contributed by atoms with E-state index < -0.39 is 0 Å². The van der Waals surface area contributed by atoms with Crippen molar-refractivity contribution in [2.45, 2.75) is 26.8 Å². The Bertz CT molecular complexity index is 358. The molecule has 1 atom stereocenters. The maximum atomic E-state index is 3.81. The highest BCUT2D eigenvalue weighted by molar-refractivity contribution is 9.11. The first kappa shape index (κ1) is 12.5. The lowest BCUT2D eigenvalue weighted by Crippen LogP contribution is -2.20. The fraction of sp³-hybridized carbons (Fsp3) is 0.385. The first-order chi connectivity index (χ1) is 7.02. The van der Waals surface area contributed by atoms with Gasteiger partial charge in [-0.2, -0.15) is 0 Å².